The van der Waals surface area contributed by atoms with E-state index in [2.05, 4.69) is 17.6 Å². The zero-order chi connectivity index (χ0) is 11.4. The van der Waals surface area contributed by atoms with Crippen molar-refractivity contribution in [3.05, 3.63) is 35.0 Å². The molecule has 1 heterocycles. The average molecular weight is 240 g/mol. The second-order valence-electron chi connectivity index (χ2n) is 2.96. The van der Waals surface area contributed by atoms with Gasteiger partial charge in [-0.05, 0) is 30.7 Å². The number of aromatic nitrogens is 1. The summed E-state index contributed by atoms with van der Waals surface area (Å²) >= 11 is 10.4. The minimum atomic E-state index is 0.765. The first-order valence-electron chi connectivity index (χ1n) is 4.92. The fraction of sp³-hybridized carbons (Fsp3) is 0.250. The zero-order valence-corrected chi connectivity index (χ0v) is 10.7. The molecular formula is C12H14ClNS. The third-order valence-electron chi connectivity index (χ3n) is 1.96. The van der Waals surface area contributed by atoms with E-state index in [-0.39, 0.29) is 0 Å². The molecule has 1 aromatic heterocycles. The normalized spacial score (nSPS) is 9.67. The van der Waals surface area contributed by atoms with Crippen LogP contribution in [0.2, 0.25) is 5.02 Å². The van der Waals surface area contributed by atoms with Crippen molar-refractivity contribution in [1.82, 2.24) is 4.98 Å². The lowest BCUT2D eigenvalue weighted by molar-refractivity contribution is 1.32. The quantitative estimate of drug-likeness (QED) is 0.668. The van der Waals surface area contributed by atoms with Crippen LogP contribution in [0.4, 0.5) is 0 Å². The van der Waals surface area contributed by atoms with Gasteiger partial charge in [-0.2, -0.15) is 0 Å². The molecule has 0 N–H and O–H groups in total. The van der Waals surface area contributed by atoms with E-state index in [0.717, 1.165) is 26.4 Å². The molecule has 0 saturated heterocycles. The summed E-state index contributed by atoms with van der Waals surface area (Å²) in [7, 11) is 0. The Morgan fingerprint density at radius 3 is 2.60 bits per heavy atom. The number of rotatable bonds is 0. The molecule has 15 heavy (non-hydrogen) atoms. The van der Waals surface area contributed by atoms with E-state index in [1.807, 2.05) is 39.0 Å². The Kier molecular flexibility index (Phi) is 4.43. The largest absolute Gasteiger partial charge is 0.256 e. The molecule has 0 amide bonds. The Labute approximate surface area is 101 Å². The second-order valence-corrected chi connectivity index (χ2v) is 3.85. The lowest BCUT2D eigenvalue weighted by atomic mass is 10.2. The minimum absolute atomic E-state index is 0.765. The van der Waals surface area contributed by atoms with Crippen LogP contribution in [0.15, 0.2) is 29.3 Å². The SMILES string of the molecule is CC.Cc1cnc2ccc(S)cc2c1Cl. The fourth-order valence-corrected chi connectivity index (χ4v) is 1.65. The van der Waals surface area contributed by atoms with Gasteiger partial charge < -0.3 is 0 Å². The number of pyridine rings is 1. The lowest BCUT2D eigenvalue weighted by Gasteiger charge is -2.03. The number of aryl methyl sites for hydroxylation is 1. The van der Waals surface area contributed by atoms with E-state index in [1.54, 1.807) is 6.20 Å². The number of hydrogen-bond donors (Lipinski definition) is 1. The van der Waals surface area contributed by atoms with Gasteiger partial charge in [0.1, 0.15) is 0 Å². The molecular weight excluding hydrogens is 226 g/mol. The van der Waals surface area contributed by atoms with E-state index in [4.69, 9.17) is 11.6 Å². The van der Waals surface area contributed by atoms with Crippen molar-refractivity contribution in [3.63, 3.8) is 0 Å². The second kappa shape index (κ2) is 5.38. The van der Waals surface area contributed by atoms with Crippen molar-refractivity contribution >= 4 is 35.1 Å². The molecule has 2 rings (SSSR count). The molecule has 0 spiro atoms. The van der Waals surface area contributed by atoms with Crippen LogP contribution >= 0.6 is 24.2 Å². The number of nitrogens with zero attached hydrogens (tertiary/aromatic N) is 1. The van der Waals surface area contributed by atoms with Gasteiger partial charge in [-0.1, -0.05) is 25.4 Å². The van der Waals surface area contributed by atoms with Gasteiger partial charge >= 0.3 is 0 Å². The molecule has 0 fully saturated rings. The van der Waals surface area contributed by atoms with Gasteiger partial charge in [0.05, 0.1) is 10.5 Å². The van der Waals surface area contributed by atoms with Gasteiger partial charge in [0, 0.05) is 16.5 Å². The zero-order valence-electron chi connectivity index (χ0n) is 9.08. The van der Waals surface area contributed by atoms with Gasteiger partial charge in [0.15, 0.2) is 0 Å². The molecule has 0 aliphatic carbocycles. The van der Waals surface area contributed by atoms with Crippen LogP contribution in [-0.4, -0.2) is 4.98 Å². The monoisotopic (exact) mass is 239 g/mol. The Balaban J connectivity index is 0.000000531. The Morgan fingerprint density at radius 2 is 1.93 bits per heavy atom. The highest BCUT2D eigenvalue weighted by Crippen LogP contribution is 2.26. The van der Waals surface area contributed by atoms with Crippen LogP contribution in [0.1, 0.15) is 19.4 Å². The molecule has 0 saturated carbocycles. The molecule has 0 radical (unpaired) electrons. The maximum absolute atomic E-state index is 6.12. The highest BCUT2D eigenvalue weighted by Gasteiger charge is 2.02. The summed E-state index contributed by atoms with van der Waals surface area (Å²) in [6, 6.07) is 5.76. The maximum atomic E-state index is 6.12. The number of fused-ring (bicyclic) bond motifs is 1. The van der Waals surface area contributed by atoms with Crippen molar-refractivity contribution in [2.45, 2.75) is 25.7 Å². The maximum Gasteiger partial charge on any atom is 0.0717 e. The molecule has 0 unspecified atom stereocenters. The highest BCUT2D eigenvalue weighted by atomic mass is 35.5. The van der Waals surface area contributed by atoms with Crippen molar-refractivity contribution < 1.29 is 0 Å². The first-order chi connectivity index (χ1) is 7.18. The van der Waals surface area contributed by atoms with Crippen molar-refractivity contribution in [1.29, 1.82) is 0 Å². The third-order valence-corrected chi connectivity index (χ3v) is 2.74. The number of benzene rings is 1. The average Bonchev–Trinajstić information content (AvgIpc) is 2.27. The first-order valence-corrected chi connectivity index (χ1v) is 5.75. The smallest absolute Gasteiger partial charge is 0.0717 e. The molecule has 1 nitrogen and oxygen atoms in total. The molecule has 80 valence electrons. The fourth-order valence-electron chi connectivity index (χ4n) is 1.25. The van der Waals surface area contributed by atoms with Crippen LogP contribution in [0.5, 0.6) is 0 Å². The summed E-state index contributed by atoms with van der Waals surface area (Å²) in [6.07, 6.45) is 1.78. The summed E-state index contributed by atoms with van der Waals surface area (Å²) < 4.78 is 0. The number of halogens is 1. The molecule has 2 aromatic rings. The third kappa shape index (κ3) is 2.64. The molecule has 0 bridgehead atoms. The lowest BCUT2D eigenvalue weighted by Crippen LogP contribution is -1.83. The van der Waals surface area contributed by atoms with Gasteiger partial charge in [0.2, 0.25) is 0 Å². The van der Waals surface area contributed by atoms with Crippen LogP contribution in [0.3, 0.4) is 0 Å². The summed E-state index contributed by atoms with van der Waals surface area (Å²) in [6.45, 7) is 5.94. The minimum Gasteiger partial charge on any atom is -0.256 e. The Bertz CT molecular complexity index is 463. The van der Waals surface area contributed by atoms with E-state index in [1.165, 1.54) is 0 Å². The van der Waals surface area contributed by atoms with E-state index in [0.29, 0.717) is 0 Å². The standard InChI is InChI=1S/C10H8ClNS.C2H6/c1-6-5-12-9-3-2-7(13)4-8(9)10(6)11;1-2/h2-5,13H,1H3;1-2H3. The molecule has 1 aromatic carbocycles. The topological polar surface area (TPSA) is 12.9 Å². The van der Waals surface area contributed by atoms with Crippen molar-refractivity contribution in [2.75, 3.05) is 0 Å². The summed E-state index contributed by atoms with van der Waals surface area (Å²) in [4.78, 5) is 5.17. The Hall–Kier alpha value is -0.730. The van der Waals surface area contributed by atoms with E-state index >= 15 is 0 Å². The predicted octanol–water partition coefficient (Wildman–Crippen LogP) is 4.51. The highest BCUT2D eigenvalue weighted by molar-refractivity contribution is 7.80. The van der Waals surface area contributed by atoms with Crippen molar-refractivity contribution in [2.24, 2.45) is 0 Å². The van der Waals surface area contributed by atoms with E-state index in [9.17, 15) is 0 Å². The van der Waals surface area contributed by atoms with Gasteiger partial charge in [0.25, 0.3) is 0 Å². The van der Waals surface area contributed by atoms with Crippen molar-refractivity contribution in [3.8, 4) is 0 Å². The van der Waals surface area contributed by atoms with Gasteiger partial charge in [-0.3, -0.25) is 4.98 Å². The number of thiol groups is 1. The van der Waals surface area contributed by atoms with Crippen LogP contribution < -0.4 is 0 Å². The first kappa shape index (κ1) is 12.3. The van der Waals surface area contributed by atoms with E-state index < -0.39 is 0 Å². The molecule has 3 heteroatoms. The predicted molar refractivity (Wildman–Crippen MR) is 70.1 cm³/mol. The van der Waals surface area contributed by atoms with Crippen LogP contribution in [0, 0.1) is 6.92 Å². The number of hydrogen-bond acceptors (Lipinski definition) is 2. The Morgan fingerprint density at radius 1 is 1.27 bits per heavy atom. The van der Waals surface area contributed by atoms with Crippen LogP contribution in [-0.2, 0) is 0 Å². The van der Waals surface area contributed by atoms with Gasteiger partial charge in [-0.15, -0.1) is 12.6 Å². The van der Waals surface area contributed by atoms with Gasteiger partial charge in [-0.25, -0.2) is 0 Å². The summed E-state index contributed by atoms with van der Waals surface area (Å²) in [5.41, 5.74) is 1.90. The molecule has 0 aliphatic heterocycles. The van der Waals surface area contributed by atoms with Crippen LogP contribution in [0.25, 0.3) is 10.9 Å². The summed E-state index contributed by atoms with van der Waals surface area (Å²) in [5, 5.41) is 1.73. The molecule has 0 aliphatic rings. The molecule has 0 atom stereocenters. The summed E-state index contributed by atoms with van der Waals surface area (Å²) in [5.74, 6) is 0.